The molecule has 0 aromatic heterocycles. The third-order valence-electron chi connectivity index (χ3n) is 20.1. The number of piperidine rings is 1. The minimum atomic E-state index is -4.45. The van der Waals surface area contributed by atoms with E-state index in [0.717, 1.165) is 108 Å². The average Bonchev–Trinajstić information content (AvgIpc) is 3.82. The highest BCUT2D eigenvalue weighted by atomic mass is 19.4. The maximum Gasteiger partial charge on any atom is 0.416 e. The number of carbonyl (C=O) groups is 4. The standard InChI is InChI=1S/C27H35F3N2O2.C27H33F3N2O2/c2*1-15-4-5-16(27(28,29)30)14-21(15)31-24(34)20-8-7-18-17-6-9-22-26(3,13-11-23(33)32-22)19(17)10-12-25(18,20)2/h4-5,14,17-20,22H,6-13H2,1-3H3,(H,31,34)(H,32,33);4-5,11,13-14,17-20,22H,6-10,12H2,1-3H3,(H,31,34)(H,32,33)/t2*17?,18?,19?,20?,22?,25-,26+/m00/s1. The zero-order valence-electron chi connectivity index (χ0n) is 40.2. The fourth-order valence-electron chi connectivity index (χ4n) is 16.2. The first-order valence-electron chi connectivity index (χ1n) is 25.1. The number of carbonyl (C=O) groups excluding carboxylic acids is 4. The summed E-state index contributed by atoms with van der Waals surface area (Å²) in [6, 6.07) is 7.47. The van der Waals surface area contributed by atoms with Gasteiger partial charge >= 0.3 is 12.4 Å². The molecule has 2 aromatic carbocycles. The van der Waals surface area contributed by atoms with E-state index in [9.17, 15) is 45.5 Å². The predicted octanol–water partition coefficient (Wildman–Crippen LogP) is 12.0. The van der Waals surface area contributed by atoms with Crippen LogP contribution in [-0.2, 0) is 31.5 Å². The van der Waals surface area contributed by atoms with E-state index >= 15 is 0 Å². The smallest absolute Gasteiger partial charge is 0.353 e. The van der Waals surface area contributed by atoms with Crippen molar-refractivity contribution in [1.29, 1.82) is 0 Å². The largest absolute Gasteiger partial charge is 0.416 e. The van der Waals surface area contributed by atoms with Gasteiger partial charge in [-0.15, -0.1) is 0 Å². The van der Waals surface area contributed by atoms with Crippen LogP contribution in [0.25, 0.3) is 0 Å². The van der Waals surface area contributed by atoms with E-state index in [1.165, 1.54) is 12.1 Å². The van der Waals surface area contributed by atoms with E-state index in [2.05, 4.69) is 55.0 Å². The maximum absolute atomic E-state index is 13.4. The van der Waals surface area contributed by atoms with Crippen molar-refractivity contribution in [2.45, 2.75) is 156 Å². The third kappa shape index (κ3) is 8.26. The minimum Gasteiger partial charge on any atom is -0.353 e. The summed E-state index contributed by atoms with van der Waals surface area (Å²) in [5, 5.41) is 12.1. The number of aryl methyl sites for hydroxylation is 2. The summed E-state index contributed by atoms with van der Waals surface area (Å²) in [4.78, 5) is 50.8. The van der Waals surface area contributed by atoms with Crippen molar-refractivity contribution in [2.75, 3.05) is 10.6 Å². The van der Waals surface area contributed by atoms with Crippen molar-refractivity contribution in [3.63, 3.8) is 0 Å². The summed E-state index contributed by atoms with van der Waals surface area (Å²) < 4.78 is 79.3. The molecule has 4 amide bonds. The molecular formula is C54H68F6N4O4. The van der Waals surface area contributed by atoms with Crippen molar-refractivity contribution in [3.05, 3.63) is 70.8 Å². The first-order chi connectivity index (χ1) is 31.9. The van der Waals surface area contributed by atoms with Crippen molar-refractivity contribution in [3.8, 4) is 0 Å². The molecular weight excluding hydrogens is 883 g/mol. The summed E-state index contributed by atoms with van der Waals surface area (Å²) in [7, 11) is 0. The van der Waals surface area contributed by atoms with E-state index in [1.54, 1.807) is 19.9 Å². The van der Waals surface area contributed by atoms with Crippen LogP contribution in [0.1, 0.15) is 140 Å². The van der Waals surface area contributed by atoms with Gasteiger partial charge in [-0.05, 0) is 191 Å². The molecule has 8 nitrogen and oxygen atoms in total. The predicted molar refractivity (Wildman–Crippen MR) is 248 cm³/mol. The summed E-state index contributed by atoms with van der Waals surface area (Å²) in [5.74, 6) is 2.37. The summed E-state index contributed by atoms with van der Waals surface area (Å²) in [6.07, 6.45) is 7.92. The van der Waals surface area contributed by atoms with E-state index in [1.807, 2.05) is 0 Å². The molecule has 370 valence electrons. The lowest BCUT2D eigenvalue weighted by Crippen LogP contribution is -2.61. The molecule has 0 bridgehead atoms. The zero-order chi connectivity index (χ0) is 48.9. The molecule has 2 heterocycles. The fraction of sp³-hybridized carbons (Fsp3) is 0.667. The van der Waals surface area contributed by atoms with Gasteiger partial charge < -0.3 is 21.3 Å². The number of benzene rings is 2. The first-order valence-corrected chi connectivity index (χ1v) is 25.1. The van der Waals surface area contributed by atoms with E-state index in [0.29, 0.717) is 53.1 Å². The van der Waals surface area contributed by atoms with Crippen LogP contribution in [0.2, 0.25) is 0 Å². The molecule has 68 heavy (non-hydrogen) atoms. The molecule has 10 rings (SSSR count). The number of alkyl halides is 6. The lowest BCUT2D eigenvalue weighted by atomic mass is 9.47. The Bertz CT molecular complexity index is 2380. The van der Waals surface area contributed by atoms with Gasteiger partial charge in [0.15, 0.2) is 0 Å². The van der Waals surface area contributed by atoms with Gasteiger partial charge in [-0.25, -0.2) is 0 Å². The Morgan fingerprint density at radius 3 is 1.56 bits per heavy atom. The van der Waals surface area contributed by atoms with Crippen molar-refractivity contribution < 1.29 is 45.5 Å². The van der Waals surface area contributed by atoms with Gasteiger partial charge in [0.25, 0.3) is 0 Å². The van der Waals surface area contributed by atoms with Crippen molar-refractivity contribution >= 4 is 35.0 Å². The number of hydrogen-bond acceptors (Lipinski definition) is 4. The molecule has 14 heteroatoms. The SMILES string of the molecule is Cc1ccc(C(F)(F)F)cc1NC(=O)C1CCC2C3CCC4NC(=O)C=C[C@]4(C)C3CC[C@]12C.Cc1ccc(C(F)(F)F)cc1NC(=O)C1CCC2C3CCC4NC(=O)CC[C@]4(C)C3CC[C@]12C. The number of fused-ring (bicyclic) bond motifs is 10. The molecule has 14 atom stereocenters. The molecule has 8 aliphatic rings. The molecule has 2 aliphatic heterocycles. The Morgan fingerprint density at radius 2 is 1.04 bits per heavy atom. The highest BCUT2D eigenvalue weighted by Crippen LogP contribution is 2.67. The molecule has 6 saturated carbocycles. The quantitative estimate of drug-likeness (QED) is 0.228. The van der Waals surface area contributed by atoms with E-state index in [4.69, 9.17) is 0 Å². The summed E-state index contributed by atoms with van der Waals surface area (Å²) >= 11 is 0. The van der Waals surface area contributed by atoms with Gasteiger partial charge in [-0.1, -0.05) is 45.9 Å². The molecule has 4 N–H and O–H groups in total. The van der Waals surface area contributed by atoms with E-state index < -0.39 is 23.5 Å². The topological polar surface area (TPSA) is 116 Å². The molecule has 10 unspecified atom stereocenters. The average molecular weight is 951 g/mol. The first kappa shape index (κ1) is 48.7. The van der Waals surface area contributed by atoms with Crippen LogP contribution in [0.3, 0.4) is 0 Å². The highest BCUT2D eigenvalue weighted by molar-refractivity contribution is 5.95. The number of rotatable bonds is 4. The molecule has 0 radical (unpaired) electrons. The Hall–Kier alpha value is -4.36. The minimum absolute atomic E-state index is 0.0101. The zero-order valence-corrected chi connectivity index (χ0v) is 40.2. The van der Waals surface area contributed by atoms with E-state index in [-0.39, 0.29) is 80.6 Å². The van der Waals surface area contributed by atoms with Crippen LogP contribution < -0.4 is 21.3 Å². The summed E-state index contributed by atoms with van der Waals surface area (Å²) in [5.41, 5.74) is 0.0335. The summed E-state index contributed by atoms with van der Waals surface area (Å²) in [6.45, 7) is 12.5. The number of halogens is 6. The maximum atomic E-state index is 13.4. The monoisotopic (exact) mass is 951 g/mol. The Labute approximate surface area is 396 Å². The second kappa shape index (κ2) is 17.2. The van der Waals surface area contributed by atoms with Crippen LogP contribution in [0, 0.1) is 82.9 Å². The molecule has 1 saturated heterocycles. The highest BCUT2D eigenvalue weighted by Gasteiger charge is 2.63. The number of anilines is 2. The van der Waals surface area contributed by atoms with Gasteiger partial charge in [0.2, 0.25) is 23.6 Å². The third-order valence-corrected chi connectivity index (χ3v) is 20.1. The van der Waals surface area contributed by atoms with Gasteiger partial charge in [-0.2, -0.15) is 26.3 Å². The fourth-order valence-corrected chi connectivity index (χ4v) is 16.2. The van der Waals surface area contributed by atoms with Gasteiger partial charge in [0.05, 0.1) is 11.1 Å². The van der Waals surface area contributed by atoms with Crippen LogP contribution in [0.4, 0.5) is 37.7 Å². The lowest BCUT2D eigenvalue weighted by molar-refractivity contribution is -0.140. The van der Waals surface area contributed by atoms with Crippen LogP contribution >= 0.6 is 0 Å². The van der Waals surface area contributed by atoms with Crippen LogP contribution in [-0.4, -0.2) is 35.7 Å². The molecule has 7 fully saturated rings. The Balaban J connectivity index is 0.000000170. The molecule has 6 aliphatic carbocycles. The van der Waals surface area contributed by atoms with Crippen molar-refractivity contribution in [2.24, 2.45) is 69.0 Å². The Morgan fingerprint density at radius 1 is 0.574 bits per heavy atom. The van der Waals surface area contributed by atoms with Crippen molar-refractivity contribution in [1.82, 2.24) is 10.6 Å². The number of amides is 4. The number of hydrogen-bond donors (Lipinski definition) is 4. The van der Waals surface area contributed by atoms with Gasteiger partial charge in [-0.3, -0.25) is 19.2 Å². The molecule has 2 aromatic rings. The molecule has 0 spiro atoms. The second-order valence-electron chi connectivity index (χ2n) is 23.2. The number of nitrogens with one attached hydrogen (secondary N) is 4. The van der Waals surface area contributed by atoms with Crippen LogP contribution in [0.5, 0.6) is 0 Å². The lowest BCUT2D eigenvalue weighted by Gasteiger charge is -2.60. The van der Waals surface area contributed by atoms with Gasteiger partial charge in [0, 0.05) is 47.1 Å². The normalized spacial score (nSPS) is 39.2. The van der Waals surface area contributed by atoms with Gasteiger partial charge in [0.1, 0.15) is 0 Å². The van der Waals surface area contributed by atoms with Crippen LogP contribution in [0.15, 0.2) is 48.6 Å². The second-order valence-corrected chi connectivity index (χ2v) is 23.2. The Kier molecular flexibility index (Phi) is 12.3.